The first kappa shape index (κ1) is 19.9. The second-order valence-electron chi connectivity index (χ2n) is 5.97. The fraction of sp³-hybridized carbons (Fsp3) is 0.316. The molecule has 26 heavy (non-hydrogen) atoms. The molecular formula is C19H26N4O2S. The van der Waals surface area contributed by atoms with Gasteiger partial charge in [-0.3, -0.25) is 4.99 Å². The fourth-order valence-electron chi connectivity index (χ4n) is 2.55. The number of aliphatic imine (C=N–C) groups is 1. The topological polar surface area (TPSA) is 73.8 Å². The van der Waals surface area contributed by atoms with Crippen molar-refractivity contribution in [2.45, 2.75) is 18.4 Å². The Balaban J connectivity index is 1.84. The highest BCUT2D eigenvalue weighted by Crippen LogP contribution is 2.09. The second-order valence-corrected chi connectivity index (χ2v) is 7.73. The van der Waals surface area contributed by atoms with Crippen LogP contribution in [-0.2, 0) is 16.6 Å². The Kier molecular flexibility index (Phi) is 7.17. The van der Waals surface area contributed by atoms with Gasteiger partial charge in [-0.1, -0.05) is 42.5 Å². The van der Waals surface area contributed by atoms with Gasteiger partial charge in [-0.2, -0.15) is 0 Å². The summed E-state index contributed by atoms with van der Waals surface area (Å²) < 4.78 is 26.9. The maximum absolute atomic E-state index is 12.2. The van der Waals surface area contributed by atoms with Crippen molar-refractivity contribution in [3.8, 4) is 0 Å². The fourth-order valence-corrected chi connectivity index (χ4v) is 3.60. The normalized spacial score (nSPS) is 12.0. The number of sulfonamides is 1. The molecule has 0 amide bonds. The summed E-state index contributed by atoms with van der Waals surface area (Å²) in [6, 6.07) is 16.6. The van der Waals surface area contributed by atoms with Gasteiger partial charge in [0.25, 0.3) is 0 Å². The highest BCUT2D eigenvalue weighted by atomic mass is 32.2. The van der Waals surface area contributed by atoms with Crippen molar-refractivity contribution in [3.05, 3.63) is 65.7 Å². The number of hydrogen-bond acceptors (Lipinski definition) is 3. The zero-order chi connectivity index (χ0) is 19.0. The van der Waals surface area contributed by atoms with Crippen LogP contribution in [-0.4, -0.2) is 46.5 Å². The van der Waals surface area contributed by atoms with Gasteiger partial charge in [0.05, 0.1) is 4.90 Å². The van der Waals surface area contributed by atoms with Gasteiger partial charge in [-0.25, -0.2) is 13.1 Å². The largest absolute Gasteiger partial charge is 0.355 e. The first-order valence-electron chi connectivity index (χ1n) is 8.45. The highest BCUT2D eigenvalue weighted by Gasteiger charge is 2.13. The summed E-state index contributed by atoms with van der Waals surface area (Å²) >= 11 is 0. The molecule has 0 atom stereocenters. The third kappa shape index (κ3) is 5.57. The van der Waals surface area contributed by atoms with Crippen LogP contribution in [0.3, 0.4) is 0 Å². The van der Waals surface area contributed by atoms with E-state index in [4.69, 9.17) is 0 Å². The molecule has 0 aromatic heterocycles. The molecular weight excluding hydrogens is 348 g/mol. The smallest absolute Gasteiger partial charge is 0.240 e. The SMILES string of the molecule is CN=C(NCCNS(=O)(=O)c1ccccc1)N(C)Cc1ccccc1C. The van der Waals surface area contributed by atoms with Crippen LogP contribution in [0.15, 0.2) is 64.5 Å². The summed E-state index contributed by atoms with van der Waals surface area (Å²) in [6.07, 6.45) is 0. The number of guanidine groups is 1. The molecule has 0 saturated heterocycles. The number of aryl methyl sites for hydroxylation is 1. The van der Waals surface area contributed by atoms with Crippen LogP contribution in [0, 0.1) is 6.92 Å². The van der Waals surface area contributed by atoms with Crippen LogP contribution in [0.1, 0.15) is 11.1 Å². The van der Waals surface area contributed by atoms with Gasteiger partial charge in [-0.15, -0.1) is 0 Å². The summed E-state index contributed by atoms with van der Waals surface area (Å²) in [5.41, 5.74) is 2.45. The molecule has 0 aliphatic heterocycles. The molecule has 2 aromatic carbocycles. The van der Waals surface area contributed by atoms with Crippen LogP contribution in [0.25, 0.3) is 0 Å². The Bertz CT molecular complexity index is 836. The van der Waals surface area contributed by atoms with Gasteiger partial charge in [0.1, 0.15) is 0 Å². The summed E-state index contributed by atoms with van der Waals surface area (Å²) in [4.78, 5) is 6.53. The molecule has 0 spiro atoms. The molecule has 7 heteroatoms. The Hall–Kier alpha value is -2.38. The molecule has 0 saturated carbocycles. The molecule has 0 unspecified atom stereocenters. The van der Waals surface area contributed by atoms with E-state index in [-0.39, 0.29) is 11.4 Å². The maximum atomic E-state index is 12.2. The molecule has 0 aliphatic rings. The molecule has 2 rings (SSSR count). The molecule has 6 nitrogen and oxygen atoms in total. The molecule has 0 aliphatic carbocycles. The lowest BCUT2D eigenvalue weighted by Crippen LogP contribution is -2.42. The van der Waals surface area contributed by atoms with Crippen LogP contribution < -0.4 is 10.0 Å². The Labute approximate surface area is 156 Å². The molecule has 0 bridgehead atoms. The first-order valence-corrected chi connectivity index (χ1v) is 9.93. The second kappa shape index (κ2) is 9.35. The number of benzene rings is 2. The quantitative estimate of drug-likeness (QED) is 0.442. The molecule has 0 heterocycles. The van der Waals surface area contributed by atoms with Crippen molar-refractivity contribution >= 4 is 16.0 Å². The highest BCUT2D eigenvalue weighted by molar-refractivity contribution is 7.89. The third-order valence-electron chi connectivity index (χ3n) is 4.00. The predicted molar refractivity (Wildman–Crippen MR) is 106 cm³/mol. The average molecular weight is 375 g/mol. The summed E-state index contributed by atoms with van der Waals surface area (Å²) in [6.45, 7) is 3.52. The zero-order valence-electron chi connectivity index (χ0n) is 15.4. The molecule has 0 radical (unpaired) electrons. The van der Waals surface area contributed by atoms with Crippen LogP contribution in [0.2, 0.25) is 0 Å². The van der Waals surface area contributed by atoms with E-state index >= 15 is 0 Å². The van der Waals surface area contributed by atoms with Gasteiger partial charge >= 0.3 is 0 Å². The van der Waals surface area contributed by atoms with Crippen molar-refractivity contribution in [3.63, 3.8) is 0 Å². The predicted octanol–water partition coefficient (Wildman–Crippen LogP) is 1.98. The third-order valence-corrected chi connectivity index (χ3v) is 5.47. The van der Waals surface area contributed by atoms with E-state index in [1.165, 1.54) is 11.1 Å². The van der Waals surface area contributed by atoms with Crippen LogP contribution in [0.4, 0.5) is 0 Å². The Morgan fingerprint density at radius 3 is 2.35 bits per heavy atom. The van der Waals surface area contributed by atoms with E-state index in [2.05, 4.69) is 34.1 Å². The minimum atomic E-state index is -3.48. The summed E-state index contributed by atoms with van der Waals surface area (Å²) in [7, 11) is 0.185. The van der Waals surface area contributed by atoms with Crippen LogP contribution in [0.5, 0.6) is 0 Å². The Morgan fingerprint density at radius 1 is 1.04 bits per heavy atom. The van der Waals surface area contributed by atoms with E-state index in [1.54, 1.807) is 37.4 Å². The average Bonchev–Trinajstić information content (AvgIpc) is 2.64. The number of rotatable bonds is 7. The standard InChI is InChI=1S/C19H26N4O2S/c1-16-9-7-8-10-17(16)15-23(3)19(20-2)21-13-14-22-26(24,25)18-11-5-4-6-12-18/h4-12,22H,13-15H2,1-3H3,(H,20,21). The monoisotopic (exact) mass is 374 g/mol. The van der Waals surface area contributed by atoms with E-state index < -0.39 is 10.0 Å². The maximum Gasteiger partial charge on any atom is 0.240 e. The molecule has 2 aromatic rings. The van der Waals surface area contributed by atoms with Crippen LogP contribution >= 0.6 is 0 Å². The molecule has 140 valence electrons. The van der Waals surface area contributed by atoms with Gasteiger partial charge in [0.2, 0.25) is 10.0 Å². The van der Waals surface area contributed by atoms with Crippen molar-refractivity contribution in [2.75, 3.05) is 27.2 Å². The van der Waals surface area contributed by atoms with Gasteiger partial charge in [-0.05, 0) is 30.2 Å². The zero-order valence-corrected chi connectivity index (χ0v) is 16.3. The van der Waals surface area contributed by atoms with Gasteiger partial charge < -0.3 is 10.2 Å². The van der Waals surface area contributed by atoms with E-state index in [9.17, 15) is 8.42 Å². The number of nitrogens with zero attached hydrogens (tertiary/aromatic N) is 2. The minimum absolute atomic E-state index is 0.265. The lowest BCUT2D eigenvalue weighted by Gasteiger charge is -2.23. The Morgan fingerprint density at radius 2 is 1.69 bits per heavy atom. The van der Waals surface area contributed by atoms with Crippen molar-refractivity contribution in [1.29, 1.82) is 0 Å². The van der Waals surface area contributed by atoms with Gasteiger partial charge in [0, 0.05) is 33.7 Å². The lowest BCUT2D eigenvalue weighted by molar-refractivity contribution is 0.475. The summed E-state index contributed by atoms with van der Waals surface area (Å²) in [5.74, 6) is 0.715. The number of hydrogen-bond donors (Lipinski definition) is 2. The first-order chi connectivity index (χ1) is 12.4. The summed E-state index contributed by atoms with van der Waals surface area (Å²) in [5, 5.41) is 3.18. The minimum Gasteiger partial charge on any atom is -0.355 e. The van der Waals surface area contributed by atoms with E-state index in [0.29, 0.717) is 12.5 Å². The van der Waals surface area contributed by atoms with E-state index in [1.807, 2.05) is 24.1 Å². The van der Waals surface area contributed by atoms with Gasteiger partial charge in [0.15, 0.2) is 5.96 Å². The van der Waals surface area contributed by atoms with E-state index in [0.717, 1.165) is 6.54 Å². The van der Waals surface area contributed by atoms with Crippen molar-refractivity contribution < 1.29 is 8.42 Å². The molecule has 0 fully saturated rings. The lowest BCUT2D eigenvalue weighted by atomic mass is 10.1. The number of nitrogens with one attached hydrogen (secondary N) is 2. The molecule has 2 N–H and O–H groups in total. The van der Waals surface area contributed by atoms with Crippen molar-refractivity contribution in [2.24, 2.45) is 4.99 Å². The van der Waals surface area contributed by atoms with Crippen molar-refractivity contribution in [1.82, 2.24) is 14.9 Å².